The SMILES string of the molecule is [Na+].[S-]c1c[nH]c2ccc(Cl)cc12. The summed E-state index contributed by atoms with van der Waals surface area (Å²) in [6.45, 7) is 0. The topological polar surface area (TPSA) is 15.8 Å². The van der Waals surface area contributed by atoms with Gasteiger partial charge in [0.1, 0.15) is 0 Å². The van der Waals surface area contributed by atoms with E-state index < -0.39 is 0 Å². The van der Waals surface area contributed by atoms with Gasteiger partial charge in [-0.05, 0) is 29.8 Å². The zero-order chi connectivity index (χ0) is 7.84. The van der Waals surface area contributed by atoms with Crippen molar-refractivity contribution in [1.82, 2.24) is 4.98 Å². The van der Waals surface area contributed by atoms with Crippen molar-refractivity contribution in [1.29, 1.82) is 0 Å². The Hall–Kier alpha value is 0.270. The predicted molar refractivity (Wildman–Crippen MR) is 48.9 cm³/mol. The largest absolute Gasteiger partial charge is 1.00 e. The van der Waals surface area contributed by atoms with Crippen LogP contribution in [-0.2, 0) is 12.6 Å². The van der Waals surface area contributed by atoms with E-state index in [1.807, 2.05) is 18.2 Å². The molecule has 1 aromatic heterocycles. The molecule has 0 unspecified atom stereocenters. The number of aromatic amines is 1. The summed E-state index contributed by atoms with van der Waals surface area (Å²) in [5.41, 5.74) is 1.04. The molecule has 12 heavy (non-hydrogen) atoms. The molecule has 1 aromatic carbocycles. The van der Waals surface area contributed by atoms with Gasteiger partial charge in [0, 0.05) is 10.5 Å². The van der Waals surface area contributed by atoms with Gasteiger partial charge in [0.25, 0.3) is 0 Å². The Morgan fingerprint density at radius 1 is 1.33 bits per heavy atom. The fourth-order valence-corrected chi connectivity index (χ4v) is 1.47. The molecule has 0 fully saturated rings. The average Bonchev–Trinajstić information content (AvgIpc) is 2.33. The number of halogens is 1. The summed E-state index contributed by atoms with van der Waals surface area (Å²) < 4.78 is 0. The van der Waals surface area contributed by atoms with Gasteiger partial charge in [-0.3, -0.25) is 0 Å². The van der Waals surface area contributed by atoms with Crippen molar-refractivity contribution >= 4 is 35.1 Å². The van der Waals surface area contributed by atoms with E-state index in [1.165, 1.54) is 0 Å². The molecule has 2 rings (SSSR count). The van der Waals surface area contributed by atoms with Crippen molar-refractivity contribution < 1.29 is 29.6 Å². The second-order valence-corrected chi connectivity index (χ2v) is 3.22. The molecule has 1 heterocycles. The Morgan fingerprint density at radius 3 is 2.83 bits per heavy atom. The number of aromatic nitrogens is 1. The van der Waals surface area contributed by atoms with Gasteiger partial charge in [-0.1, -0.05) is 11.6 Å². The molecular formula is C8H5ClNNaS. The Balaban J connectivity index is 0.000000720. The van der Waals surface area contributed by atoms with Crippen LogP contribution >= 0.6 is 11.6 Å². The zero-order valence-electron chi connectivity index (χ0n) is 6.60. The van der Waals surface area contributed by atoms with Gasteiger partial charge in [-0.15, -0.1) is 4.90 Å². The monoisotopic (exact) mass is 205 g/mol. The van der Waals surface area contributed by atoms with Gasteiger partial charge in [-0.2, -0.15) is 0 Å². The number of benzene rings is 1. The molecule has 56 valence electrons. The number of hydrogen-bond donors (Lipinski definition) is 1. The van der Waals surface area contributed by atoms with Crippen molar-refractivity contribution in [3.8, 4) is 0 Å². The summed E-state index contributed by atoms with van der Waals surface area (Å²) in [5.74, 6) is 0. The second-order valence-electron chi connectivity index (χ2n) is 2.34. The van der Waals surface area contributed by atoms with Crippen molar-refractivity contribution in [2.45, 2.75) is 4.90 Å². The smallest absolute Gasteiger partial charge is 0.778 e. The van der Waals surface area contributed by atoms with E-state index in [9.17, 15) is 0 Å². The molecule has 0 radical (unpaired) electrons. The van der Waals surface area contributed by atoms with Gasteiger partial charge in [-0.25, -0.2) is 0 Å². The van der Waals surface area contributed by atoms with Crippen molar-refractivity contribution in [2.75, 3.05) is 0 Å². The first-order chi connectivity index (χ1) is 5.27. The quantitative estimate of drug-likeness (QED) is 0.463. The molecule has 0 amide bonds. The maximum atomic E-state index is 5.79. The molecule has 0 atom stereocenters. The van der Waals surface area contributed by atoms with Crippen LogP contribution in [0.2, 0.25) is 5.02 Å². The molecule has 4 heteroatoms. The third kappa shape index (κ3) is 1.78. The maximum absolute atomic E-state index is 5.79. The summed E-state index contributed by atoms with van der Waals surface area (Å²) >= 11 is 10.8. The van der Waals surface area contributed by atoms with Gasteiger partial charge in [0.15, 0.2) is 0 Å². The second kappa shape index (κ2) is 3.99. The average molecular weight is 206 g/mol. The number of fused-ring (bicyclic) bond motifs is 1. The fourth-order valence-electron chi connectivity index (χ4n) is 1.07. The maximum Gasteiger partial charge on any atom is 1.00 e. The van der Waals surface area contributed by atoms with Crippen LogP contribution in [0, 0.1) is 0 Å². The van der Waals surface area contributed by atoms with Crippen LogP contribution in [0.5, 0.6) is 0 Å². The minimum absolute atomic E-state index is 0. The minimum Gasteiger partial charge on any atom is -0.778 e. The van der Waals surface area contributed by atoms with Crippen LogP contribution in [0.1, 0.15) is 0 Å². The van der Waals surface area contributed by atoms with E-state index in [0.717, 1.165) is 20.8 Å². The summed E-state index contributed by atoms with van der Waals surface area (Å²) in [6.07, 6.45) is 1.80. The molecule has 2 aromatic rings. The summed E-state index contributed by atoms with van der Waals surface area (Å²) in [6, 6.07) is 5.64. The van der Waals surface area contributed by atoms with E-state index in [2.05, 4.69) is 4.98 Å². The van der Waals surface area contributed by atoms with Crippen LogP contribution in [-0.4, -0.2) is 4.98 Å². The van der Waals surface area contributed by atoms with Crippen LogP contribution in [0.4, 0.5) is 0 Å². The molecule has 0 saturated carbocycles. The summed E-state index contributed by atoms with van der Waals surface area (Å²) in [5, 5.41) is 1.75. The predicted octanol–water partition coefficient (Wildman–Crippen LogP) is -0.269. The van der Waals surface area contributed by atoms with Crippen LogP contribution in [0.25, 0.3) is 10.9 Å². The van der Waals surface area contributed by atoms with E-state index >= 15 is 0 Å². The molecule has 1 nitrogen and oxygen atoms in total. The minimum atomic E-state index is 0. The summed E-state index contributed by atoms with van der Waals surface area (Å²) in [4.78, 5) is 3.87. The van der Waals surface area contributed by atoms with Crippen molar-refractivity contribution in [3.05, 3.63) is 29.4 Å². The van der Waals surface area contributed by atoms with Crippen molar-refractivity contribution in [2.24, 2.45) is 0 Å². The zero-order valence-corrected chi connectivity index (χ0v) is 10.2. The van der Waals surface area contributed by atoms with Crippen molar-refractivity contribution in [3.63, 3.8) is 0 Å². The first-order valence-corrected chi connectivity index (χ1v) is 3.99. The molecule has 1 N–H and O–H groups in total. The Kier molecular flexibility index (Phi) is 3.44. The number of H-pyrrole nitrogens is 1. The van der Waals surface area contributed by atoms with Crippen LogP contribution in [0.15, 0.2) is 29.3 Å². The van der Waals surface area contributed by atoms with Crippen LogP contribution in [0.3, 0.4) is 0 Å². The van der Waals surface area contributed by atoms with Gasteiger partial charge in [0.2, 0.25) is 0 Å². The van der Waals surface area contributed by atoms with E-state index in [0.29, 0.717) is 0 Å². The number of nitrogens with one attached hydrogen (secondary N) is 1. The van der Waals surface area contributed by atoms with Gasteiger partial charge in [0.05, 0.1) is 0 Å². The molecule has 0 aliphatic rings. The first kappa shape index (κ1) is 10.4. The Labute approximate surface area is 103 Å². The molecule has 0 aliphatic carbocycles. The Morgan fingerprint density at radius 2 is 2.08 bits per heavy atom. The van der Waals surface area contributed by atoms with E-state index in [-0.39, 0.29) is 29.6 Å². The first-order valence-electron chi connectivity index (χ1n) is 3.21. The number of rotatable bonds is 0. The summed E-state index contributed by atoms with van der Waals surface area (Å²) in [7, 11) is 0. The molecular weight excluding hydrogens is 201 g/mol. The van der Waals surface area contributed by atoms with E-state index in [1.54, 1.807) is 6.20 Å². The van der Waals surface area contributed by atoms with Crippen LogP contribution < -0.4 is 29.6 Å². The molecule has 0 saturated heterocycles. The Bertz CT molecular complexity index is 399. The molecule has 0 aliphatic heterocycles. The third-order valence-corrected chi connectivity index (χ3v) is 2.18. The fraction of sp³-hybridized carbons (Fsp3) is 0. The number of hydrogen-bond acceptors (Lipinski definition) is 1. The molecule has 0 bridgehead atoms. The standard InChI is InChI=1S/C8H6ClNS.Na/c9-5-1-2-7-6(3-5)8(11)4-10-7;/h1-4,10-11H;/q;+1/p-1. The molecule has 0 spiro atoms. The van der Waals surface area contributed by atoms with Gasteiger partial charge >= 0.3 is 29.6 Å². The normalized spacial score (nSPS) is 9.75. The van der Waals surface area contributed by atoms with Gasteiger partial charge < -0.3 is 17.6 Å². The van der Waals surface area contributed by atoms with E-state index in [4.69, 9.17) is 24.2 Å². The third-order valence-electron chi connectivity index (χ3n) is 1.61.